The third-order valence-corrected chi connectivity index (χ3v) is 3.52. The van der Waals surface area contributed by atoms with Crippen molar-refractivity contribution >= 4 is 16.7 Å². The van der Waals surface area contributed by atoms with E-state index in [0.29, 0.717) is 0 Å². The van der Waals surface area contributed by atoms with Crippen LogP contribution in [-0.4, -0.2) is 23.4 Å². The SMILES string of the molecule is O=C(c1ccc2cccnc2c1)C1CCCCN1. The van der Waals surface area contributed by atoms with E-state index in [9.17, 15) is 4.79 Å². The van der Waals surface area contributed by atoms with Crippen molar-refractivity contribution in [3.8, 4) is 0 Å². The second-order valence-electron chi connectivity index (χ2n) is 4.78. The molecule has 0 saturated carbocycles. The van der Waals surface area contributed by atoms with Crippen molar-refractivity contribution in [2.45, 2.75) is 25.3 Å². The predicted octanol–water partition coefficient (Wildman–Crippen LogP) is 2.56. The van der Waals surface area contributed by atoms with Crippen molar-refractivity contribution < 1.29 is 4.79 Å². The zero-order chi connectivity index (χ0) is 12.4. The lowest BCUT2D eigenvalue weighted by Gasteiger charge is -2.22. The molecule has 3 nitrogen and oxygen atoms in total. The maximum atomic E-state index is 12.4. The Bertz CT molecular complexity index is 573. The van der Waals surface area contributed by atoms with Crippen LogP contribution in [0.1, 0.15) is 29.6 Å². The number of carbonyl (C=O) groups is 1. The van der Waals surface area contributed by atoms with E-state index < -0.39 is 0 Å². The fraction of sp³-hybridized carbons (Fsp3) is 0.333. The summed E-state index contributed by atoms with van der Waals surface area (Å²) in [4.78, 5) is 16.6. The van der Waals surface area contributed by atoms with Crippen LogP contribution in [-0.2, 0) is 0 Å². The number of benzene rings is 1. The molecule has 1 fully saturated rings. The van der Waals surface area contributed by atoms with Crippen molar-refractivity contribution in [1.29, 1.82) is 0 Å². The maximum absolute atomic E-state index is 12.4. The van der Waals surface area contributed by atoms with E-state index in [1.165, 1.54) is 6.42 Å². The smallest absolute Gasteiger partial charge is 0.179 e. The fourth-order valence-corrected chi connectivity index (χ4v) is 2.50. The molecule has 1 aromatic heterocycles. The number of nitrogens with one attached hydrogen (secondary N) is 1. The zero-order valence-electron chi connectivity index (χ0n) is 10.2. The Hall–Kier alpha value is -1.74. The number of aromatic nitrogens is 1. The van der Waals surface area contributed by atoms with Crippen LogP contribution in [0.3, 0.4) is 0 Å². The minimum Gasteiger partial charge on any atom is -0.307 e. The molecule has 1 unspecified atom stereocenters. The minimum absolute atomic E-state index is 0.0140. The van der Waals surface area contributed by atoms with E-state index in [0.717, 1.165) is 35.9 Å². The van der Waals surface area contributed by atoms with Crippen LogP contribution in [0, 0.1) is 0 Å². The molecule has 3 rings (SSSR count). The molecule has 0 radical (unpaired) electrons. The lowest BCUT2D eigenvalue weighted by Crippen LogP contribution is -2.40. The Morgan fingerprint density at radius 3 is 3.06 bits per heavy atom. The number of fused-ring (bicyclic) bond motifs is 1. The normalized spacial score (nSPS) is 19.9. The van der Waals surface area contributed by atoms with Crippen LogP contribution in [0.15, 0.2) is 36.5 Å². The van der Waals surface area contributed by atoms with Crippen molar-refractivity contribution in [2.24, 2.45) is 0 Å². The molecule has 1 atom stereocenters. The first-order chi connectivity index (χ1) is 8.84. The van der Waals surface area contributed by atoms with Gasteiger partial charge in [0.1, 0.15) is 0 Å². The molecular formula is C15H16N2O. The monoisotopic (exact) mass is 240 g/mol. The highest BCUT2D eigenvalue weighted by molar-refractivity contribution is 6.02. The number of nitrogens with zero attached hydrogens (tertiary/aromatic N) is 1. The van der Waals surface area contributed by atoms with Gasteiger partial charge in [0.05, 0.1) is 11.6 Å². The van der Waals surface area contributed by atoms with Gasteiger partial charge in [-0.2, -0.15) is 0 Å². The predicted molar refractivity (Wildman–Crippen MR) is 71.7 cm³/mol. The van der Waals surface area contributed by atoms with Gasteiger partial charge in [-0.25, -0.2) is 0 Å². The van der Waals surface area contributed by atoms with Crippen LogP contribution in [0.5, 0.6) is 0 Å². The minimum atomic E-state index is -0.0140. The van der Waals surface area contributed by atoms with Crippen molar-refractivity contribution in [3.05, 3.63) is 42.1 Å². The Morgan fingerprint density at radius 2 is 2.22 bits per heavy atom. The van der Waals surface area contributed by atoms with Gasteiger partial charge in [0.2, 0.25) is 0 Å². The standard InChI is InChI=1S/C15H16N2O/c18-15(13-5-1-2-8-16-13)12-7-6-11-4-3-9-17-14(11)10-12/h3-4,6-7,9-10,13,16H,1-2,5,8H2. The molecule has 92 valence electrons. The lowest BCUT2D eigenvalue weighted by atomic mass is 9.96. The molecule has 2 heterocycles. The Morgan fingerprint density at radius 1 is 1.28 bits per heavy atom. The van der Waals surface area contributed by atoms with Crippen LogP contribution in [0.25, 0.3) is 10.9 Å². The van der Waals surface area contributed by atoms with E-state index in [1.807, 2.05) is 30.3 Å². The van der Waals surface area contributed by atoms with Gasteiger partial charge in [-0.3, -0.25) is 9.78 Å². The third-order valence-electron chi connectivity index (χ3n) is 3.52. The molecule has 1 saturated heterocycles. The number of rotatable bonds is 2. The highest BCUT2D eigenvalue weighted by Crippen LogP contribution is 2.17. The van der Waals surface area contributed by atoms with Gasteiger partial charge in [-0.05, 0) is 31.5 Å². The van der Waals surface area contributed by atoms with Gasteiger partial charge in [0.15, 0.2) is 5.78 Å². The van der Waals surface area contributed by atoms with Crippen LogP contribution in [0.4, 0.5) is 0 Å². The van der Waals surface area contributed by atoms with Gasteiger partial charge in [0.25, 0.3) is 0 Å². The first-order valence-electron chi connectivity index (χ1n) is 6.47. The molecule has 1 aliphatic heterocycles. The molecule has 3 heteroatoms. The van der Waals surface area contributed by atoms with Crippen LogP contribution in [0.2, 0.25) is 0 Å². The first kappa shape index (κ1) is 11.4. The number of Topliss-reactive ketones (excluding diaryl/α,β-unsaturated/α-hetero) is 1. The van der Waals surface area contributed by atoms with Gasteiger partial charge in [0, 0.05) is 17.1 Å². The molecule has 1 aliphatic rings. The molecular weight excluding hydrogens is 224 g/mol. The average molecular weight is 240 g/mol. The third kappa shape index (κ3) is 2.14. The number of carbonyl (C=O) groups excluding carboxylic acids is 1. The molecule has 1 N–H and O–H groups in total. The van der Waals surface area contributed by atoms with Gasteiger partial charge >= 0.3 is 0 Å². The summed E-state index contributed by atoms with van der Waals surface area (Å²) in [5.74, 6) is 0.197. The largest absolute Gasteiger partial charge is 0.307 e. The molecule has 18 heavy (non-hydrogen) atoms. The quantitative estimate of drug-likeness (QED) is 0.820. The summed E-state index contributed by atoms with van der Waals surface area (Å²) >= 11 is 0. The highest BCUT2D eigenvalue weighted by atomic mass is 16.1. The number of hydrogen-bond acceptors (Lipinski definition) is 3. The number of ketones is 1. The van der Waals surface area contributed by atoms with Crippen molar-refractivity contribution in [1.82, 2.24) is 10.3 Å². The summed E-state index contributed by atoms with van der Waals surface area (Å²) in [5.41, 5.74) is 1.65. The molecule has 0 aliphatic carbocycles. The maximum Gasteiger partial charge on any atom is 0.179 e. The molecule has 2 aromatic rings. The van der Waals surface area contributed by atoms with E-state index in [4.69, 9.17) is 0 Å². The highest BCUT2D eigenvalue weighted by Gasteiger charge is 2.21. The Labute approximate surface area is 106 Å². The lowest BCUT2D eigenvalue weighted by molar-refractivity contribution is 0.0927. The fourth-order valence-electron chi connectivity index (χ4n) is 2.50. The number of pyridine rings is 1. The van der Waals surface area contributed by atoms with Gasteiger partial charge in [-0.15, -0.1) is 0 Å². The Kier molecular flexibility index (Phi) is 3.07. The van der Waals surface area contributed by atoms with E-state index >= 15 is 0 Å². The van der Waals surface area contributed by atoms with Crippen molar-refractivity contribution in [3.63, 3.8) is 0 Å². The van der Waals surface area contributed by atoms with E-state index in [1.54, 1.807) is 6.20 Å². The van der Waals surface area contributed by atoms with Gasteiger partial charge < -0.3 is 5.32 Å². The number of hydrogen-bond donors (Lipinski definition) is 1. The summed E-state index contributed by atoms with van der Waals surface area (Å²) in [5, 5.41) is 4.37. The topological polar surface area (TPSA) is 42.0 Å². The van der Waals surface area contributed by atoms with E-state index in [2.05, 4.69) is 10.3 Å². The molecule has 0 amide bonds. The second-order valence-corrected chi connectivity index (χ2v) is 4.78. The zero-order valence-corrected chi connectivity index (χ0v) is 10.2. The number of piperidine rings is 1. The average Bonchev–Trinajstić information content (AvgIpc) is 2.47. The Balaban J connectivity index is 1.91. The summed E-state index contributed by atoms with van der Waals surface area (Å²) in [7, 11) is 0. The molecule has 0 spiro atoms. The van der Waals surface area contributed by atoms with E-state index in [-0.39, 0.29) is 11.8 Å². The van der Waals surface area contributed by atoms with Gasteiger partial charge in [-0.1, -0.05) is 24.6 Å². The molecule has 1 aromatic carbocycles. The van der Waals surface area contributed by atoms with Crippen molar-refractivity contribution in [2.75, 3.05) is 6.54 Å². The van der Waals surface area contributed by atoms with Crippen LogP contribution >= 0.6 is 0 Å². The second kappa shape index (κ2) is 4.86. The summed E-state index contributed by atoms with van der Waals surface area (Å²) < 4.78 is 0. The summed E-state index contributed by atoms with van der Waals surface area (Å²) in [6.45, 7) is 0.947. The van der Waals surface area contributed by atoms with Crippen LogP contribution < -0.4 is 5.32 Å². The molecule has 0 bridgehead atoms. The summed E-state index contributed by atoms with van der Waals surface area (Å²) in [6, 6.07) is 9.68. The first-order valence-corrected chi connectivity index (χ1v) is 6.47. The summed E-state index contributed by atoms with van der Waals surface area (Å²) in [6.07, 6.45) is 5.01.